The zero-order valence-corrected chi connectivity index (χ0v) is 14.8. The van der Waals surface area contributed by atoms with E-state index in [1.807, 2.05) is 47.9 Å². The van der Waals surface area contributed by atoms with Gasteiger partial charge in [-0.15, -0.1) is 0 Å². The molecule has 6 heteroatoms. The first-order chi connectivity index (χ1) is 11.7. The lowest BCUT2D eigenvalue weighted by molar-refractivity contribution is -0.134. The van der Waals surface area contributed by atoms with Gasteiger partial charge in [-0.1, -0.05) is 12.1 Å². The fraction of sp³-hybridized carbons (Fsp3) is 0.500. The highest BCUT2D eigenvalue weighted by molar-refractivity contribution is 7.99. The van der Waals surface area contributed by atoms with Crippen LogP contribution in [0.25, 0.3) is 11.0 Å². The molecular weight excluding hydrogens is 320 g/mol. The highest BCUT2D eigenvalue weighted by Gasteiger charge is 2.33. The van der Waals surface area contributed by atoms with Crippen LogP contribution in [0.3, 0.4) is 0 Å². The van der Waals surface area contributed by atoms with Crippen molar-refractivity contribution >= 4 is 34.5 Å². The van der Waals surface area contributed by atoms with Crippen LogP contribution >= 0.6 is 11.8 Å². The third-order valence-electron chi connectivity index (χ3n) is 4.88. The molecule has 2 aromatic rings. The lowest BCUT2D eigenvalue weighted by Crippen LogP contribution is -2.42. The van der Waals surface area contributed by atoms with Gasteiger partial charge in [0.1, 0.15) is 0 Å². The SMILES string of the molecule is Cc1nc2ccccc2nc1N1CCC(C(=O)N2CCSCC2)C1. The quantitative estimate of drug-likeness (QED) is 0.838. The number of hydrogen-bond acceptors (Lipinski definition) is 5. The third-order valence-corrected chi connectivity index (χ3v) is 5.82. The maximum absolute atomic E-state index is 12.7. The number of carbonyl (C=O) groups is 1. The van der Waals surface area contributed by atoms with Crippen LogP contribution in [0.1, 0.15) is 12.1 Å². The van der Waals surface area contributed by atoms with Crippen molar-refractivity contribution < 1.29 is 4.79 Å². The third kappa shape index (κ3) is 2.95. The van der Waals surface area contributed by atoms with Gasteiger partial charge in [-0.05, 0) is 25.5 Å². The monoisotopic (exact) mass is 342 g/mol. The van der Waals surface area contributed by atoms with Crippen molar-refractivity contribution in [3.8, 4) is 0 Å². The predicted molar refractivity (Wildman–Crippen MR) is 98.5 cm³/mol. The van der Waals surface area contributed by atoms with Gasteiger partial charge in [0.2, 0.25) is 5.91 Å². The smallest absolute Gasteiger partial charge is 0.227 e. The minimum Gasteiger partial charge on any atom is -0.354 e. The van der Waals surface area contributed by atoms with Gasteiger partial charge in [-0.3, -0.25) is 4.79 Å². The summed E-state index contributed by atoms with van der Waals surface area (Å²) in [7, 11) is 0. The van der Waals surface area contributed by atoms with Crippen molar-refractivity contribution in [3.05, 3.63) is 30.0 Å². The number of benzene rings is 1. The van der Waals surface area contributed by atoms with Crippen molar-refractivity contribution in [2.24, 2.45) is 5.92 Å². The first-order valence-electron chi connectivity index (χ1n) is 8.57. The second-order valence-corrected chi connectivity index (χ2v) is 7.72. The summed E-state index contributed by atoms with van der Waals surface area (Å²) in [6.07, 6.45) is 0.913. The topological polar surface area (TPSA) is 49.3 Å². The molecule has 1 aromatic carbocycles. The van der Waals surface area contributed by atoms with E-state index in [2.05, 4.69) is 9.88 Å². The van der Waals surface area contributed by atoms with Gasteiger partial charge in [-0.25, -0.2) is 9.97 Å². The molecule has 0 aliphatic carbocycles. The lowest BCUT2D eigenvalue weighted by atomic mass is 10.1. The molecule has 2 aliphatic heterocycles. The Labute approximate surface area is 146 Å². The maximum atomic E-state index is 12.7. The van der Waals surface area contributed by atoms with E-state index in [0.717, 1.165) is 66.7 Å². The maximum Gasteiger partial charge on any atom is 0.227 e. The summed E-state index contributed by atoms with van der Waals surface area (Å²) < 4.78 is 0. The Hall–Kier alpha value is -1.82. The molecule has 1 atom stereocenters. The summed E-state index contributed by atoms with van der Waals surface area (Å²) in [4.78, 5) is 26.5. The van der Waals surface area contributed by atoms with Gasteiger partial charge in [0.15, 0.2) is 5.82 Å². The van der Waals surface area contributed by atoms with Gasteiger partial charge >= 0.3 is 0 Å². The number of rotatable bonds is 2. The number of carbonyl (C=O) groups excluding carboxylic acids is 1. The zero-order valence-electron chi connectivity index (χ0n) is 13.9. The number of para-hydroxylation sites is 2. The fourth-order valence-corrected chi connectivity index (χ4v) is 4.48. The first kappa shape index (κ1) is 15.7. The lowest BCUT2D eigenvalue weighted by Gasteiger charge is -2.29. The summed E-state index contributed by atoms with van der Waals surface area (Å²) in [6.45, 7) is 5.44. The Morgan fingerprint density at radius 1 is 1.12 bits per heavy atom. The highest BCUT2D eigenvalue weighted by atomic mass is 32.2. The molecule has 1 unspecified atom stereocenters. The van der Waals surface area contributed by atoms with Crippen molar-refractivity contribution in [2.75, 3.05) is 42.6 Å². The molecule has 0 spiro atoms. The van der Waals surface area contributed by atoms with Crippen LogP contribution in [0, 0.1) is 12.8 Å². The van der Waals surface area contributed by atoms with Crippen LogP contribution in [-0.4, -0.2) is 58.5 Å². The minimum absolute atomic E-state index is 0.0979. The first-order valence-corrected chi connectivity index (χ1v) is 9.73. The van der Waals surface area contributed by atoms with E-state index in [-0.39, 0.29) is 5.92 Å². The molecule has 3 heterocycles. The molecule has 0 bridgehead atoms. The summed E-state index contributed by atoms with van der Waals surface area (Å²) in [5.41, 5.74) is 2.79. The molecule has 126 valence electrons. The van der Waals surface area contributed by atoms with Crippen molar-refractivity contribution in [1.29, 1.82) is 0 Å². The second kappa shape index (κ2) is 6.59. The number of hydrogen-bond donors (Lipinski definition) is 0. The van der Waals surface area contributed by atoms with Crippen LogP contribution in [0.2, 0.25) is 0 Å². The van der Waals surface area contributed by atoms with Crippen LogP contribution in [0.4, 0.5) is 5.82 Å². The van der Waals surface area contributed by atoms with E-state index in [0.29, 0.717) is 5.91 Å². The Bertz CT molecular complexity index is 760. The normalized spacial score (nSPS) is 21.5. The van der Waals surface area contributed by atoms with Gasteiger partial charge in [0, 0.05) is 37.7 Å². The number of thioether (sulfide) groups is 1. The minimum atomic E-state index is 0.0979. The number of amides is 1. The number of anilines is 1. The van der Waals surface area contributed by atoms with E-state index < -0.39 is 0 Å². The van der Waals surface area contributed by atoms with Crippen LogP contribution in [0.5, 0.6) is 0 Å². The molecule has 24 heavy (non-hydrogen) atoms. The number of nitrogens with zero attached hydrogens (tertiary/aromatic N) is 4. The van der Waals surface area contributed by atoms with Crippen LogP contribution < -0.4 is 4.90 Å². The molecule has 2 aliphatic rings. The average molecular weight is 342 g/mol. The van der Waals surface area contributed by atoms with Crippen molar-refractivity contribution in [3.63, 3.8) is 0 Å². The van der Waals surface area contributed by atoms with Gasteiger partial charge < -0.3 is 9.80 Å². The molecule has 2 fully saturated rings. The summed E-state index contributed by atoms with van der Waals surface area (Å²) in [5.74, 6) is 3.48. The zero-order chi connectivity index (χ0) is 16.5. The molecule has 1 amide bonds. The number of fused-ring (bicyclic) bond motifs is 1. The van der Waals surface area contributed by atoms with E-state index in [1.54, 1.807) is 0 Å². The largest absolute Gasteiger partial charge is 0.354 e. The Balaban J connectivity index is 1.52. The van der Waals surface area contributed by atoms with Crippen molar-refractivity contribution in [2.45, 2.75) is 13.3 Å². The predicted octanol–water partition coefficient (Wildman–Crippen LogP) is 2.34. The molecule has 0 radical (unpaired) electrons. The average Bonchev–Trinajstić information content (AvgIpc) is 3.11. The van der Waals surface area contributed by atoms with E-state index >= 15 is 0 Å². The fourth-order valence-electron chi connectivity index (χ4n) is 3.57. The standard InChI is InChI=1S/C18H22N4OS/c1-13-17(20-16-5-3-2-4-15(16)19-13)22-7-6-14(12-22)18(23)21-8-10-24-11-9-21/h2-5,14H,6-12H2,1H3. The van der Waals surface area contributed by atoms with E-state index in [1.165, 1.54) is 0 Å². The molecule has 2 saturated heterocycles. The van der Waals surface area contributed by atoms with E-state index in [9.17, 15) is 4.79 Å². The van der Waals surface area contributed by atoms with Crippen LogP contribution in [0.15, 0.2) is 24.3 Å². The molecule has 0 N–H and O–H groups in total. The second-order valence-electron chi connectivity index (χ2n) is 6.49. The summed E-state index contributed by atoms with van der Waals surface area (Å²) in [5, 5.41) is 0. The Morgan fingerprint density at radius 3 is 2.58 bits per heavy atom. The summed E-state index contributed by atoms with van der Waals surface area (Å²) in [6, 6.07) is 7.96. The molecule has 1 aromatic heterocycles. The van der Waals surface area contributed by atoms with Gasteiger partial charge in [0.25, 0.3) is 0 Å². The number of aromatic nitrogens is 2. The van der Waals surface area contributed by atoms with Crippen LogP contribution in [-0.2, 0) is 4.79 Å². The number of aryl methyl sites for hydroxylation is 1. The molecular formula is C18H22N4OS. The molecule has 5 nitrogen and oxygen atoms in total. The highest BCUT2D eigenvalue weighted by Crippen LogP contribution is 2.27. The molecule has 0 saturated carbocycles. The summed E-state index contributed by atoms with van der Waals surface area (Å²) >= 11 is 1.94. The molecule has 4 rings (SSSR count). The Kier molecular flexibility index (Phi) is 4.31. The van der Waals surface area contributed by atoms with Gasteiger partial charge in [-0.2, -0.15) is 11.8 Å². The van der Waals surface area contributed by atoms with Crippen molar-refractivity contribution in [1.82, 2.24) is 14.9 Å². The Morgan fingerprint density at radius 2 is 1.83 bits per heavy atom. The van der Waals surface area contributed by atoms with Gasteiger partial charge in [0.05, 0.1) is 22.6 Å². The van der Waals surface area contributed by atoms with E-state index in [4.69, 9.17) is 4.98 Å².